The van der Waals surface area contributed by atoms with E-state index >= 15 is 0 Å². The lowest BCUT2D eigenvalue weighted by Gasteiger charge is -2.12. The van der Waals surface area contributed by atoms with E-state index < -0.39 is 5.82 Å². The summed E-state index contributed by atoms with van der Waals surface area (Å²) >= 11 is 1.42. The van der Waals surface area contributed by atoms with Crippen molar-refractivity contribution in [1.82, 2.24) is 29.4 Å². The molecule has 10 heteroatoms. The van der Waals surface area contributed by atoms with Crippen molar-refractivity contribution in [1.29, 1.82) is 0 Å². The summed E-state index contributed by atoms with van der Waals surface area (Å²) < 4.78 is 23.5. The number of nitrogens with one attached hydrogen (secondary N) is 1. The van der Waals surface area contributed by atoms with Crippen LogP contribution in [0.25, 0.3) is 27.8 Å². The molecule has 166 valence electrons. The predicted molar refractivity (Wildman–Crippen MR) is 124 cm³/mol. The average molecular weight is 462 g/mol. The number of anilines is 1. The number of aromatic nitrogens is 6. The second kappa shape index (κ2) is 8.13. The molecule has 0 amide bonds. The van der Waals surface area contributed by atoms with E-state index in [1.54, 1.807) is 9.08 Å². The van der Waals surface area contributed by atoms with Gasteiger partial charge in [-0.3, -0.25) is 14.1 Å². The molecule has 0 spiro atoms. The van der Waals surface area contributed by atoms with Gasteiger partial charge in [0, 0.05) is 41.9 Å². The zero-order valence-corrected chi connectivity index (χ0v) is 18.6. The van der Waals surface area contributed by atoms with E-state index in [-0.39, 0.29) is 5.65 Å². The number of pyridine rings is 2. The van der Waals surface area contributed by atoms with Gasteiger partial charge in [-0.15, -0.1) is 10.2 Å². The molecule has 0 radical (unpaired) electrons. The first kappa shape index (κ1) is 20.1. The molecule has 1 aromatic carbocycles. The number of fused-ring (bicyclic) bond motifs is 2. The molecule has 33 heavy (non-hydrogen) atoms. The Bertz CT molecular complexity index is 1470. The minimum Gasteiger partial charge on any atom is -0.379 e. The van der Waals surface area contributed by atoms with E-state index in [2.05, 4.69) is 37.7 Å². The number of rotatable bonds is 5. The van der Waals surface area contributed by atoms with E-state index in [1.807, 2.05) is 43.8 Å². The van der Waals surface area contributed by atoms with E-state index in [0.717, 1.165) is 34.5 Å². The van der Waals surface area contributed by atoms with Crippen LogP contribution in [-0.4, -0.2) is 48.6 Å². The largest absolute Gasteiger partial charge is 0.379 e. The highest BCUT2D eigenvalue weighted by atomic mass is 32.2. The van der Waals surface area contributed by atoms with Crippen LogP contribution < -0.4 is 5.32 Å². The molecule has 0 bridgehead atoms. The molecule has 1 unspecified atom stereocenters. The lowest BCUT2D eigenvalue weighted by atomic mass is 10.2. The van der Waals surface area contributed by atoms with Crippen LogP contribution >= 0.6 is 11.8 Å². The van der Waals surface area contributed by atoms with Crippen LogP contribution in [0.3, 0.4) is 0 Å². The molecule has 1 aliphatic rings. The van der Waals surface area contributed by atoms with Crippen molar-refractivity contribution in [3.8, 4) is 11.3 Å². The van der Waals surface area contributed by atoms with Crippen molar-refractivity contribution in [2.45, 2.75) is 22.5 Å². The van der Waals surface area contributed by atoms with Crippen LogP contribution in [-0.2, 0) is 11.8 Å². The molecule has 6 rings (SSSR count). The van der Waals surface area contributed by atoms with Crippen molar-refractivity contribution < 1.29 is 9.13 Å². The summed E-state index contributed by atoms with van der Waals surface area (Å²) in [6, 6.07) is 11.7. The number of hydrogen-bond donors (Lipinski definition) is 1. The van der Waals surface area contributed by atoms with Crippen molar-refractivity contribution >= 4 is 34.0 Å². The molecular weight excluding hydrogens is 441 g/mol. The molecule has 4 aromatic heterocycles. The van der Waals surface area contributed by atoms with Gasteiger partial charge in [0.1, 0.15) is 0 Å². The third kappa shape index (κ3) is 3.91. The number of ether oxygens (including phenoxy) is 1. The fourth-order valence-electron chi connectivity index (χ4n) is 3.95. The highest BCUT2D eigenvalue weighted by Gasteiger charge is 2.16. The molecule has 1 aliphatic heterocycles. The van der Waals surface area contributed by atoms with Gasteiger partial charge >= 0.3 is 0 Å². The predicted octanol–water partition coefficient (Wildman–Crippen LogP) is 4.17. The van der Waals surface area contributed by atoms with Gasteiger partial charge < -0.3 is 10.1 Å². The third-order valence-electron chi connectivity index (χ3n) is 5.60. The Labute approximate surface area is 192 Å². The summed E-state index contributed by atoms with van der Waals surface area (Å²) in [5, 5.41) is 17.7. The average Bonchev–Trinajstić information content (AvgIpc) is 3.56. The Kier molecular flexibility index (Phi) is 4.96. The summed E-state index contributed by atoms with van der Waals surface area (Å²) in [5.41, 5.74) is 3.41. The van der Waals surface area contributed by atoms with E-state index in [1.165, 1.54) is 17.8 Å². The van der Waals surface area contributed by atoms with E-state index in [4.69, 9.17) is 4.74 Å². The summed E-state index contributed by atoms with van der Waals surface area (Å²) in [5.74, 6) is -0.438. The van der Waals surface area contributed by atoms with Crippen molar-refractivity contribution in [2.24, 2.45) is 7.05 Å². The maximum Gasteiger partial charge on any atom is 0.200 e. The van der Waals surface area contributed by atoms with E-state index in [0.29, 0.717) is 29.1 Å². The lowest BCUT2D eigenvalue weighted by molar-refractivity contribution is 0.195. The lowest BCUT2D eigenvalue weighted by Crippen LogP contribution is -2.18. The molecule has 1 saturated heterocycles. The third-order valence-corrected chi connectivity index (χ3v) is 6.55. The SMILES string of the molecule is Cn1ccc(-c2cc(F)c3nnc(Sc4ccc5ncc(NC6CCOC6)cc5c4)n3c2)n1. The normalized spacial score (nSPS) is 16.1. The number of benzene rings is 1. The first-order valence-corrected chi connectivity index (χ1v) is 11.4. The number of halogens is 1. The van der Waals surface area contributed by atoms with Gasteiger partial charge in [0.2, 0.25) is 5.16 Å². The second-order valence-electron chi connectivity index (χ2n) is 8.01. The van der Waals surface area contributed by atoms with Crippen LogP contribution in [0.2, 0.25) is 0 Å². The minimum absolute atomic E-state index is 0.185. The fourth-order valence-corrected chi connectivity index (χ4v) is 4.81. The molecule has 8 nitrogen and oxygen atoms in total. The molecule has 1 N–H and O–H groups in total. The zero-order valence-electron chi connectivity index (χ0n) is 17.8. The van der Waals surface area contributed by atoms with Gasteiger partial charge in [0.05, 0.1) is 35.7 Å². The van der Waals surface area contributed by atoms with Crippen molar-refractivity contribution in [2.75, 3.05) is 18.5 Å². The Balaban J connectivity index is 1.33. The summed E-state index contributed by atoms with van der Waals surface area (Å²) in [6.07, 6.45) is 6.48. The van der Waals surface area contributed by atoms with Crippen molar-refractivity contribution in [3.63, 3.8) is 0 Å². The van der Waals surface area contributed by atoms with Gasteiger partial charge in [-0.1, -0.05) is 0 Å². The Morgan fingerprint density at radius 3 is 2.94 bits per heavy atom. The Hall–Kier alpha value is -3.50. The van der Waals surface area contributed by atoms with Crippen LogP contribution in [0.1, 0.15) is 6.42 Å². The van der Waals surface area contributed by atoms with Crippen LogP contribution in [0.4, 0.5) is 10.1 Å². The van der Waals surface area contributed by atoms with Crippen LogP contribution in [0.5, 0.6) is 0 Å². The van der Waals surface area contributed by atoms with Gasteiger partial charge in [-0.05, 0) is 54.6 Å². The molecule has 1 fully saturated rings. The van der Waals surface area contributed by atoms with E-state index in [9.17, 15) is 4.39 Å². The molecule has 1 atom stereocenters. The monoisotopic (exact) mass is 461 g/mol. The van der Waals surface area contributed by atoms with Gasteiger partial charge in [-0.2, -0.15) is 5.10 Å². The van der Waals surface area contributed by atoms with Crippen LogP contribution in [0.15, 0.2) is 65.0 Å². The molecular formula is C23H20FN7OS. The number of aryl methyl sites for hydroxylation is 1. The Morgan fingerprint density at radius 2 is 2.12 bits per heavy atom. The first-order valence-electron chi connectivity index (χ1n) is 10.6. The maximum atomic E-state index is 14.7. The summed E-state index contributed by atoms with van der Waals surface area (Å²) in [6.45, 7) is 1.50. The second-order valence-corrected chi connectivity index (χ2v) is 9.05. The topological polar surface area (TPSA) is 82.2 Å². The molecule has 0 saturated carbocycles. The molecule has 0 aliphatic carbocycles. The molecule has 5 aromatic rings. The fraction of sp³-hybridized carbons (Fsp3) is 0.217. The first-order chi connectivity index (χ1) is 16.1. The highest BCUT2D eigenvalue weighted by Crippen LogP contribution is 2.31. The minimum atomic E-state index is -0.438. The van der Waals surface area contributed by atoms with Crippen LogP contribution in [0, 0.1) is 5.82 Å². The number of nitrogens with zero attached hydrogens (tertiary/aromatic N) is 6. The molecule has 5 heterocycles. The Morgan fingerprint density at radius 1 is 1.18 bits per heavy atom. The van der Waals surface area contributed by atoms with Gasteiger partial charge in [0.15, 0.2) is 11.5 Å². The summed E-state index contributed by atoms with van der Waals surface area (Å²) in [4.78, 5) is 5.53. The standard InChI is InChI=1S/C23H20FN7OS/c1-30-6-4-21(29-30)15-10-19(24)22-27-28-23(31(22)12-15)33-18-2-3-20-14(9-18)8-17(11-25-20)26-16-5-7-32-13-16/h2-4,6,8-12,16,26H,5,7,13H2,1H3. The maximum absolute atomic E-state index is 14.7. The van der Waals surface area contributed by atoms with Gasteiger partial charge in [-0.25, -0.2) is 4.39 Å². The highest BCUT2D eigenvalue weighted by molar-refractivity contribution is 7.99. The quantitative estimate of drug-likeness (QED) is 0.421. The zero-order chi connectivity index (χ0) is 22.4. The van der Waals surface area contributed by atoms with Gasteiger partial charge in [0.25, 0.3) is 0 Å². The smallest absolute Gasteiger partial charge is 0.200 e. The van der Waals surface area contributed by atoms with Crippen molar-refractivity contribution in [3.05, 3.63) is 60.8 Å². The summed E-state index contributed by atoms with van der Waals surface area (Å²) in [7, 11) is 1.83. The number of hydrogen-bond acceptors (Lipinski definition) is 7.